The van der Waals surface area contributed by atoms with Gasteiger partial charge in [0, 0.05) is 11.6 Å². The summed E-state index contributed by atoms with van der Waals surface area (Å²) in [6.07, 6.45) is 3.39. The summed E-state index contributed by atoms with van der Waals surface area (Å²) < 4.78 is 1.99. The highest BCUT2D eigenvalue weighted by molar-refractivity contribution is 5.99. The van der Waals surface area contributed by atoms with Crippen molar-refractivity contribution in [2.45, 2.75) is 0 Å². The summed E-state index contributed by atoms with van der Waals surface area (Å²) in [5.41, 5.74) is 2.04. The van der Waals surface area contributed by atoms with Crippen molar-refractivity contribution in [1.82, 2.24) is 19.4 Å². The molecule has 0 unspecified atom stereocenters. The molecule has 0 N–H and O–H groups in total. The highest BCUT2D eigenvalue weighted by Crippen LogP contribution is 2.24. The maximum atomic E-state index is 4.30. The van der Waals surface area contributed by atoms with E-state index in [9.17, 15) is 0 Å². The molecule has 1 aromatic carbocycles. The zero-order valence-electron chi connectivity index (χ0n) is 7.75. The summed E-state index contributed by atoms with van der Waals surface area (Å²) in [4.78, 5) is 12.7. The zero-order valence-corrected chi connectivity index (χ0v) is 7.75. The van der Waals surface area contributed by atoms with Crippen LogP contribution in [0, 0.1) is 0 Å². The second kappa shape index (κ2) is 2.23. The van der Waals surface area contributed by atoms with Crippen molar-refractivity contribution in [3.63, 3.8) is 0 Å². The van der Waals surface area contributed by atoms with Crippen LogP contribution in [0.5, 0.6) is 0 Å². The lowest BCUT2D eigenvalue weighted by Crippen LogP contribution is -1.99. The molecular weight excluding hydrogens is 188 g/mol. The Balaban J connectivity index is 2.54. The van der Waals surface area contributed by atoms with Gasteiger partial charge < -0.3 is 0 Å². The van der Waals surface area contributed by atoms with Crippen LogP contribution in [-0.2, 0) is 0 Å². The van der Waals surface area contributed by atoms with Crippen LogP contribution in [-0.4, -0.2) is 19.4 Å². The number of aromatic nitrogens is 4. The van der Waals surface area contributed by atoms with Gasteiger partial charge in [-0.15, -0.1) is 0 Å². The van der Waals surface area contributed by atoms with Crippen LogP contribution in [0.4, 0.5) is 0 Å². The van der Waals surface area contributed by atoms with E-state index in [0.717, 1.165) is 16.6 Å². The van der Waals surface area contributed by atoms with Crippen LogP contribution < -0.4 is 0 Å². The fourth-order valence-corrected chi connectivity index (χ4v) is 2.07. The van der Waals surface area contributed by atoms with E-state index < -0.39 is 0 Å². The van der Waals surface area contributed by atoms with Crippen molar-refractivity contribution >= 4 is 27.7 Å². The van der Waals surface area contributed by atoms with E-state index in [-0.39, 0.29) is 0 Å². The average molecular weight is 194 g/mol. The minimum absolute atomic E-state index is 0.698. The predicted octanol–water partition coefficient (Wildman–Crippen LogP) is 1.87. The monoisotopic (exact) mass is 194 g/mol. The minimum atomic E-state index is 0.698. The van der Waals surface area contributed by atoms with E-state index in [1.54, 1.807) is 6.33 Å². The highest BCUT2D eigenvalue weighted by atomic mass is 15.1. The summed E-state index contributed by atoms with van der Waals surface area (Å²) >= 11 is 0. The number of hydrogen-bond donors (Lipinski definition) is 0. The van der Waals surface area contributed by atoms with E-state index in [1.807, 2.05) is 16.7 Å². The van der Waals surface area contributed by atoms with Gasteiger partial charge in [-0.2, -0.15) is 0 Å². The number of hydrogen-bond acceptors (Lipinski definition) is 3. The van der Waals surface area contributed by atoms with Gasteiger partial charge in [-0.05, 0) is 17.5 Å². The third-order valence-corrected chi connectivity index (χ3v) is 2.74. The Morgan fingerprint density at radius 1 is 0.867 bits per heavy atom. The van der Waals surface area contributed by atoms with Gasteiger partial charge in [-0.3, -0.25) is 4.40 Å². The fourth-order valence-electron chi connectivity index (χ4n) is 2.07. The van der Waals surface area contributed by atoms with E-state index in [4.69, 9.17) is 0 Å². The molecule has 0 amide bonds. The molecule has 0 fully saturated rings. The first-order valence-corrected chi connectivity index (χ1v) is 4.73. The van der Waals surface area contributed by atoms with E-state index in [1.165, 1.54) is 5.39 Å². The Morgan fingerprint density at radius 2 is 1.73 bits per heavy atom. The Bertz CT molecular complexity index is 711. The van der Waals surface area contributed by atoms with Crippen molar-refractivity contribution in [3.05, 3.63) is 36.8 Å². The van der Waals surface area contributed by atoms with Gasteiger partial charge in [0.05, 0.1) is 5.52 Å². The van der Waals surface area contributed by atoms with Crippen molar-refractivity contribution in [2.75, 3.05) is 0 Å². The lowest BCUT2D eigenvalue weighted by molar-refractivity contribution is 1.05. The summed E-state index contributed by atoms with van der Waals surface area (Å²) in [7, 11) is 0. The Hall–Kier alpha value is -2.23. The molecule has 0 aliphatic carbocycles. The van der Waals surface area contributed by atoms with Gasteiger partial charge in [0.2, 0.25) is 5.78 Å². The SMILES string of the molecule is c1nc2ccc3ccc4cnc(n1)n2c34. The van der Waals surface area contributed by atoms with Crippen LogP contribution in [0.25, 0.3) is 27.7 Å². The largest absolute Gasteiger partial charge is 0.261 e. The van der Waals surface area contributed by atoms with Crippen molar-refractivity contribution in [2.24, 2.45) is 0 Å². The topological polar surface area (TPSA) is 43.1 Å². The quantitative estimate of drug-likeness (QED) is 0.429. The fraction of sp³-hybridized carbons (Fsp3) is 0. The van der Waals surface area contributed by atoms with Gasteiger partial charge in [0.25, 0.3) is 0 Å². The molecule has 70 valence electrons. The Morgan fingerprint density at radius 3 is 2.73 bits per heavy atom. The first-order valence-electron chi connectivity index (χ1n) is 4.73. The standard InChI is InChI=1S/C11H6N4/c1-2-8-5-12-11-14-6-13-9-4-3-7(1)10(8)15(9)11/h1-6H. The minimum Gasteiger partial charge on any atom is -0.261 e. The molecule has 0 aliphatic heterocycles. The lowest BCUT2D eigenvalue weighted by atomic mass is 10.3. The second-order valence-electron chi connectivity index (χ2n) is 3.55. The number of nitrogens with zero attached hydrogens (tertiary/aromatic N) is 4. The Kier molecular flexibility index (Phi) is 1.06. The average Bonchev–Trinajstić information content (AvgIpc) is 2.71. The van der Waals surface area contributed by atoms with Gasteiger partial charge in [-0.25, -0.2) is 15.0 Å². The molecule has 4 nitrogen and oxygen atoms in total. The highest BCUT2D eigenvalue weighted by Gasteiger charge is 2.08. The maximum Gasteiger partial charge on any atom is 0.237 e. The molecule has 0 atom stereocenters. The number of pyridine rings is 1. The van der Waals surface area contributed by atoms with Gasteiger partial charge in [0.15, 0.2) is 0 Å². The van der Waals surface area contributed by atoms with Crippen molar-refractivity contribution in [1.29, 1.82) is 0 Å². The first kappa shape index (κ1) is 7.11. The van der Waals surface area contributed by atoms with Gasteiger partial charge in [0.1, 0.15) is 12.0 Å². The molecule has 0 aliphatic rings. The van der Waals surface area contributed by atoms with Gasteiger partial charge in [-0.1, -0.05) is 12.1 Å². The van der Waals surface area contributed by atoms with E-state index in [2.05, 4.69) is 33.2 Å². The third kappa shape index (κ3) is 0.747. The maximum absolute atomic E-state index is 4.30. The smallest absolute Gasteiger partial charge is 0.237 e. The van der Waals surface area contributed by atoms with Crippen molar-refractivity contribution in [3.8, 4) is 0 Å². The van der Waals surface area contributed by atoms with E-state index >= 15 is 0 Å². The molecule has 0 radical (unpaired) electrons. The zero-order chi connectivity index (χ0) is 9.83. The second-order valence-corrected chi connectivity index (χ2v) is 3.55. The molecule has 3 heterocycles. The summed E-state index contributed by atoms with van der Waals surface area (Å²) in [5.74, 6) is 0.698. The molecule has 4 heteroatoms. The number of rotatable bonds is 0. The van der Waals surface area contributed by atoms with Crippen LogP contribution in [0.1, 0.15) is 0 Å². The molecule has 0 saturated heterocycles. The Labute approximate surface area is 84.6 Å². The molecule has 3 aromatic heterocycles. The van der Waals surface area contributed by atoms with Crippen LogP contribution in [0.15, 0.2) is 36.8 Å². The summed E-state index contributed by atoms with van der Waals surface area (Å²) in [5, 5.41) is 2.33. The first-order chi connectivity index (χ1) is 7.43. The lowest BCUT2D eigenvalue weighted by Gasteiger charge is -2.05. The molecular formula is C11H6N4. The molecule has 15 heavy (non-hydrogen) atoms. The predicted molar refractivity (Wildman–Crippen MR) is 57.0 cm³/mol. The van der Waals surface area contributed by atoms with Crippen LogP contribution >= 0.6 is 0 Å². The summed E-state index contributed by atoms with van der Waals surface area (Å²) in [6, 6.07) is 8.21. The molecule has 0 saturated carbocycles. The molecule has 4 aromatic rings. The van der Waals surface area contributed by atoms with E-state index in [0.29, 0.717) is 5.78 Å². The van der Waals surface area contributed by atoms with Crippen molar-refractivity contribution < 1.29 is 0 Å². The van der Waals surface area contributed by atoms with Crippen LogP contribution in [0.3, 0.4) is 0 Å². The normalized spacial score (nSPS) is 12.0. The van der Waals surface area contributed by atoms with Gasteiger partial charge >= 0.3 is 0 Å². The third-order valence-electron chi connectivity index (χ3n) is 2.74. The van der Waals surface area contributed by atoms with Crippen LogP contribution in [0.2, 0.25) is 0 Å². The molecule has 0 spiro atoms. The molecule has 0 bridgehead atoms. The summed E-state index contributed by atoms with van der Waals surface area (Å²) in [6.45, 7) is 0. The molecule has 4 rings (SSSR count).